The first-order chi connectivity index (χ1) is 14.3. The molecule has 0 aromatic heterocycles. The minimum absolute atomic E-state index is 0.190. The third-order valence-electron chi connectivity index (χ3n) is 5.04. The molecule has 7 nitrogen and oxygen atoms in total. The number of amides is 1. The van der Waals surface area contributed by atoms with E-state index < -0.39 is 10.0 Å². The molecule has 3 rings (SSSR count). The summed E-state index contributed by atoms with van der Waals surface area (Å²) in [5.74, 6) is 1.34. The molecule has 0 bridgehead atoms. The van der Waals surface area contributed by atoms with Crippen molar-refractivity contribution >= 4 is 21.6 Å². The second-order valence-corrected chi connectivity index (χ2v) is 9.72. The van der Waals surface area contributed by atoms with Crippen molar-refractivity contribution in [3.63, 3.8) is 0 Å². The van der Waals surface area contributed by atoms with E-state index in [4.69, 9.17) is 9.47 Å². The standard InChI is InChI=1S/C22H28N2O5S/c1-16-12-17(2)14-24(13-16)30(26,27)19-10-8-18(9-11-19)23-22(25)15-29-21-7-5-4-6-20(21)28-3/h4-11,16-17H,12-15H2,1-3H3,(H,23,25). The lowest BCUT2D eigenvalue weighted by Gasteiger charge is -2.34. The first-order valence-electron chi connectivity index (χ1n) is 9.95. The number of nitrogens with zero attached hydrogens (tertiary/aromatic N) is 1. The number of hydrogen-bond acceptors (Lipinski definition) is 5. The molecule has 1 heterocycles. The van der Waals surface area contributed by atoms with Crippen LogP contribution in [0.4, 0.5) is 5.69 Å². The van der Waals surface area contributed by atoms with Gasteiger partial charge in [0.15, 0.2) is 18.1 Å². The average Bonchev–Trinajstić information content (AvgIpc) is 2.72. The van der Waals surface area contributed by atoms with Crippen LogP contribution in [0.5, 0.6) is 11.5 Å². The van der Waals surface area contributed by atoms with Gasteiger partial charge in [0.25, 0.3) is 5.91 Å². The lowest BCUT2D eigenvalue weighted by Crippen LogP contribution is -2.42. The highest BCUT2D eigenvalue weighted by Gasteiger charge is 2.31. The quantitative estimate of drug-likeness (QED) is 0.725. The van der Waals surface area contributed by atoms with Gasteiger partial charge >= 0.3 is 0 Å². The monoisotopic (exact) mass is 432 g/mol. The maximum atomic E-state index is 12.9. The highest BCUT2D eigenvalue weighted by atomic mass is 32.2. The number of para-hydroxylation sites is 2. The number of methoxy groups -OCH3 is 1. The van der Waals surface area contributed by atoms with Crippen molar-refractivity contribution in [3.05, 3.63) is 48.5 Å². The maximum Gasteiger partial charge on any atom is 0.262 e. The van der Waals surface area contributed by atoms with E-state index in [0.717, 1.165) is 6.42 Å². The Morgan fingerprint density at radius 2 is 1.63 bits per heavy atom. The number of rotatable bonds is 7. The number of ether oxygens (including phenoxy) is 2. The number of piperidine rings is 1. The van der Waals surface area contributed by atoms with E-state index in [9.17, 15) is 13.2 Å². The number of hydrogen-bond donors (Lipinski definition) is 1. The Hall–Kier alpha value is -2.58. The summed E-state index contributed by atoms with van der Waals surface area (Å²) in [5, 5.41) is 2.71. The minimum atomic E-state index is -3.55. The second-order valence-electron chi connectivity index (χ2n) is 7.78. The fraction of sp³-hybridized carbons (Fsp3) is 0.409. The summed E-state index contributed by atoms with van der Waals surface area (Å²) in [6.07, 6.45) is 1.04. The summed E-state index contributed by atoms with van der Waals surface area (Å²) < 4.78 is 38.1. The number of sulfonamides is 1. The van der Waals surface area contributed by atoms with Crippen LogP contribution in [0, 0.1) is 11.8 Å². The molecule has 1 saturated heterocycles. The lowest BCUT2D eigenvalue weighted by molar-refractivity contribution is -0.118. The van der Waals surface area contributed by atoms with Gasteiger partial charge in [0.1, 0.15) is 0 Å². The number of benzene rings is 2. The van der Waals surface area contributed by atoms with E-state index in [2.05, 4.69) is 19.2 Å². The van der Waals surface area contributed by atoms with Crippen LogP contribution in [0.15, 0.2) is 53.4 Å². The fourth-order valence-corrected chi connectivity index (χ4v) is 5.42. The van der Waals surface area contributed by atoms with Crippen molar-refractivity contribution in [1.29, 1.82) is 0 Å². The summed E-state index contributed by atoms with van der Waals surface area (Å²) >= 11 is 0. The Bertz CT molecular complexity index is 965. The molecule has 0 aliphatic carbocycles. The zero-order valence-electron chi connectivity index (χ0n) is 17.5. The zero-order valence-corrected chi connectivity index (χ0v) is 18.3. The van der Waals surface area contributed by atoms with Crippen molar-refractivity contribution in [1.82, 2.24) is 4.31 Å². The molecule has 30 heavy (non-hydrogen) atoms. The molecule has 162 valence electrons. The van der Waals surface area contributed by atoms with Crippen LogP contribution in [0.1, 0.15) is 20.3 Å². The van der Waals surface area contributed by atoms with E-state index >= 15 is 0 Å². The average molecular weight is 433 g/mol. The topological polar surface area (TPSA) is 84.9 Å². The van der Waals surface area contributed by atoms with Gasteiger partial charge in [-0.15, -0.1) is 0 Å². The van der Waals surface area contributed by atoms with Crippen molar-refractivity contribution in [3.8, 4) is 11.5 Å². The molecule has 1 aliphatic rings. The van der Waals surface area contributed by atoms with Gasteiger partial charge in [0, 0.05) is 18.8 Å². The van der Waals surface area contributed by atoms with Crippen LogP contribution in [0.2, 0.25) is 0 Å². The third-order valence-corrected chi connectivity index (χ3v) is 6.88. The van der Waals surface area contributed by atoms with Crippen LogP contribution in [0.25, 0.3) is 0 Å². The van der Waals surface area contributed by atoms with Gasteiger partial charge in [0.05, 0.1) is 12.0 Å². The van der Waals surface area contributed by atoms with E-state index in [1.165, 1.54) is 19.2 Å². The SMILES string of the molecule is COc1ccccc1OCC(=O)Nc1ccc(S(=O)(=O)N2CC(C)CC(C)C2)cc1. The molecule has 2 atom stereocenters. The molecule has 0 spiro atoms. The Labute approximate surface area is 178 Å². The molecule has 1 fully saturated rings. The van der Waals surface area contributed by atoms with E-state index in [1.807, 2.05) is 6.07 Å². The molecule has 1 N–H and O–H groups in total. The minimum Gasteiger partial charge on any atom is -0.493 e. The second kappa shape index (κ2) is 9.49. The summed E-state index contributed by atoms with van der Waals surface area (Å²) in [5.41, 5.74) is 0.503. The molecule has 8 heteroatoms. The zero-order chi connectivity index (χ0) is 21.7. The number of nitrogens with one attached hydrogen (secondary N) is 1. The fourth-order valence-electron chi connectivity index (χ4n) is 3.74. The summed E-state index contributed by atoms with van der Waals surface area (Å²) in [6.45, 7) is 5.02. The van der Waals surface area contributed by atoms with E-state index in [1.54, 1.807) is 34.6 Å². The molecule has 1 amide bonds. The predicted octanol–water partition coefficient (Wildman–Crippen LogP) is 3.38. The van der Waals surface area contributed by atoms with Gasteiger partial charge in [-0.25, -0.2) is 8.42 Å². The maximum absolute atomic E-state index is 12.9. The highest BCUT2D eigenvalue weighted by molar-refractivity contribution is 7.89. The highest BCUT2D eigenvalue weighted by Crippen LogP contribution is 2.28. The van der Waals surface area contributed by atoms with Crippen LogP contribution in [-0.2, 0) is 14.8 Å². The molecule has 1 aliphatic heterocycles. The van der Waals surface area contributed by atoms with Crippen LogP contribution < -0.4 is 14.8 Å². The normalized spacial score (nSPS) is 19.8. The Morgan fingerprint density at radius 1 is 1.03 bits per heavy atom. The molecular weight excluding hydrogens is 404 g/mol. The molecular formula is C22H28N2O5S. The third kappa shape index (κ3) is 5.31. The van der Waals surface area contributed by atoms with Gasteiger partial charge in [0.2, 0.25) is 10.0 Å². The number of anilines is 1. The summed E-state index contributed by atoms with van der Waals surface area (Å²) in [7, 11) is -2.01. The first kappa shape index (κ1) is 22.1. The lowest BCUT2D eigenvalue weighted by atomic mass is 9.94. The molecule has 2 aromatic rings. The van der Waals surface area contributed by atoms with Crippen molar-refractivity contribution in [2.45, 2.75) is 25.2 Å². The number of carbonyl (C=O) groups excluding carboxylic acids is 1. The summed E-state index contributed by atoms with van der Waals surface area (Å²) in [4.78, 5) is 12.4. The van der Waals surface area contributed by atoms with Gasteiger partial charge < -0.3 is 14.8 Å². The number of carbonyl (C=O) groups is 1. The molecule has 2 unspecified atom stereocenters. The van der Waals surface area contributed by atoms with Crippen molar-refractivity contribution in [2.24, 2.45) is 11.8 Å². The van der Waals surface area contributed by atoms with E-state index in [-0.39, 0.29) is 17.4 Å². The Balaban J connectivity index is 1.60. The molecule has 0 saturated carbocycles. The van der Waals surface area contributed by atoms with Crippen molar-refractivity contribution in [2.75, 3.05) is 32.1 Å². The predicted molar refractivity (Wildman–Crippen MR) is 115 cm³/mol. The first-order valence-corrected chi connectivity index (χ1v) is 11.4. The van der Waals surface area contributed by atoms with Gasteiger partial charge in [-0.3, -0.25) is 4.79 Å². The summed E-state index contributed by atoms with van der Waals surface area (Å²) in [6, 6.07) is 13.3. The van der Waals surface area contributed by atoms with Gasteiger partial charge in [-0.05, 0) is 54.7 Å². The Kier molecular flexibility index (Phi) is 6.99. The van der Waals surface area contributed by atoms with Crippen LogP contribution in [0.3, 0.4) is 0 Å². The molecule has 2 aromatic carbocycles. The van der Waals surface area contributed by atoms with Crippen molar-refractivity contribution < 1.29 is 22.7 Å². The van der Waals surface area contributed by atoms with Crippen LogP contribution >= 0.6 is 0 Å². The van der Waals surface area contributed by atoms with Crippen LogP contribution in [-0.4, -0.2) is 45.4 Å². The van der Waals surface area contributed by atoms with Gasteiger partial charge in [-0.1, -0.05) is 26.0 Å². The largest absolute Gasteiger partial charge is 0.493 e. The van der Waals surface area contributed by atoms with E-state index in [0.29, 0.717) is 42.1 Å². The Morgan fingerprint density at radius 3 is 2.23 bits per heavy atom. The molecule has 0 radical (unpaired) electrons. The smallest absolute Gasteiger partial charge is 0.262 e. The van der Waals surface area contributed by atoms with Gasteiger partial charge in [-0.2, -0.15) is 4.31 Å².